The number of nitrogens with zero attached hydrogens (tertiary/aromatic N) is 4. The molecule has 1 N–H and O–H groups in total. The maximum absolute atomic E-state index is 12.9. The maximum atomic E-state index is 12.9. The summed E-state index contributed by atoms with van der Waals surface area (Å²) in [4.78, 5) is 30.9. The molecule has 0 saturated carbocycles. The molecule has 1 saturated heterocycles. The molecule has 0 aliphatic carbocycles. The second-order valence-corrected chi connectivity index (χ2v) is 8.28. The summed E-state index contributed by atoms with van der Waals surface area (Å²) in [6, 6.07) is 8.40. The van der Waals surface area contributed by atoms with Gasteiger partial charge in [-0.25, -0.2) is 9.80 Å². The number of likely N-dealkylation sites (tertiary alicyclic amines) is 1. The highest BCUT2D eigenvalue weighted by Gasteiger charge is 2.39. The zero-order valence-electron chi connectivity index (χ0n) is 18.3. The molecule has 2 aliphatic heterocycles. The molecule has 1 aromatic carbocycles. The summed E-state index contributed by atoms with van der Waals surface area (Å²) in [6.45, 7) is 4.41. The fourth-order valence-electron chi connectivity index (χ4n) is 4.00. The van der Waals surface area contributed by atoms with E-state index >= 15 is 0 Å². The molecule has 1 unspecified atom stereocenters. The lowest BCUT2D eigenvalue weighted by molar-refractivity contribution is -0.137. The number of urea groups is 1. The molecule has 33 heavy (non-hydrogen) atoms. The van der Waals surface area contributed by atoms with Crippen molar-refractivity contribution >= 4 is 17.6 Å². The minimum Gasteiger partial charge on any atom is -0.332 e. The second kappa shape index (κ2) is 8.84. The van der Waals surface area contributed by atoms with E-state index in [2.05, 4.69) is 15.4 Å². The van der Waals surface area contributed by atoms with Crippen molar-refractivity contribution in [2.75, 3.05) is 13.1 Å². The molecule has 10 heteroatoms. The molecule has 174 valence electrons. The van der Waals surface area contributed by atoms with Gasteiger partial charge in [-0.3, -0.25) is 9.78 Å². The van der Waals surface area contributed by atoms with Crippen LogP contribution in [0.5, 0.6) is 0 Å². The molecule has 0 spiro atoms. The predicted molar refractivity (Wildman–Crippen MR) is 115 cm³/mol. The average Bonchev–Trinajstić information content (AvgIpc) is 3.40. The number of nitrogens with one attached hydrogen (secondary N) is 1. The number of benzene rings is 1. The van der Waals surface area contributed by atoms with Crippen LogP contribution in [0, 0.1) is 6.92 Å². The number of amides is 3. The number of hydrazone groups is 1. The smallest absolute Gasteiger partial charge is 0.332 e. The lowest BCUT2D eigenvalue weighted by Gasteiger charge is -2.25. The van der Waals surface area contributed by atoms with Crippen molar-refractivity contribution in [3.05, 3.63) is 65.0 Å². The SMILES string of the molecule is Cc1ccc(C2=NN(C(=O)N[C@H](C)c3ccc(C(F)(F)F)cn3)CC2N2CCCC2=O)cc1. The topological polar surface area (TPSA) is 77.9 Å². The molecule has 3 heterocycles. The molecule has 2 aromatic rings. The third-order valence-electron chi connectivity index (χ3n) is 5.86. The number of hydrogen-bond donors (Lipinski definition) is 1. The van der Waals surface area contributed by atoms with Crippen LogP contribution >= 0.6 is 0 Å². The van der Waals surface area contributed by atoms with Gasteiger partial charge in [0.15, 0.2) is 0 Å². The Hall–Kier alpha value is -3.43. The van der Waals surface area contributed by atoms with Crippen LogP contribution in [0.15, 0.2) is 47.7 Å². The molecular weight excluding hydrogens is 435 g/mol. The zero-order valence-corrected chi connectivity index (χ0v) is 18.3. The third-order valence-corrected chi connectivity index (χ3v) is 5.86. The first-order chi connectivity index (χ1) is 15.6. The summed E-state index contributed by atoms with van der Waals surface area (Å²) in [5.41, 5.74) is 2.00. The van der Waals surface area contributed by atoms with Gasteiger partial charge < -0.3 is 10.2 Å². The van der Waals surface area contributed by atoms with Gasteiger partial charge in [0.05, 0.1) is 35.6 Å². The van der Waals surface area contributed by atoms with Gasteiger partial charge in [0, 0.05) is 19.2 Å². The van der Waals surface area contributed by atoms with E-state index in [0.717, 1.165) is 29.8 Å². The molecule has 7 nitrogen and oxygen atoms in total. The van der Waals surface area contributed by atoms with E-state index in [1.54, 1.807) is 11.8 Å². The Morgan fingerprint density at radius 3 is 2.48 bits per heavy atom. The number of pyridine rings is 1. The van der Waals surface area contributed by atoms with E-state index in [1.807, 2.05) is 31.2 Å². The highest BCUT2D eigenvalue weighted by Crippen LogP contribution is 2.29. The highest BCUT2D eigenvalue weighted by atomic mass is 19.4. The highest BCUT2D eigenvalue weighted by molar-refractivity contribution is 6.08. The molecular formula is C23H24F3N5O2. The summed E-state index contributed by atoms with van der Waals surface area (Å²) in [5.74, 6) is 0.0318. The van der Waals surface area contributed by atoms with Crippen molar-refractivity contribution in [2.45, 2.75) is 44.9 Å². The first-order valence-electron chi connectivity index (χ1n) is 10.7. The maximum Gasteiger partial charge on any atom is 0.417 e. The van der Waals surface area contributed by atoms with E-state index in [9.17, 15) is 22.8 Å². The Morgan fingerprint density at radius 2 is 1.91 bits per heavy atom. The molecule has 4 rings (SSSR count). The normalized spacial score (nSPS) is 19.6. The molecule has 2 aliphatic rings. The fraction of sp³-hybridized carbons (Fsp3) is 0.391. The first-order valence-corrected chi connectivity index (χ1v) is 10.7. The number of aromatic nitrogens is 1. The van der Waals surface area contributed by atoms with Crippen LogP contribution in [0.3, 0.4) is 0 Å². The molecule has 1 fully saturated rings. The summed E-state index contributed by atoms with van der Waals surface area (Å²) in [5, 5.41) is 8.52. The molecule has 2 atom stereocenters. The van der Waals surface area contributed by atoms with Crippen LogP contribution < -0.4 is 5.32 Å². The van der Waals surface area contributed by atoms with Crippen LogP contribution in [-0.4, -0.2) is 51.7 Å². The van der Waals surface area contributed by atoms with Crippen molar-refractivity contribution in [1.82, 2.24) is 20.2 Å². The van der Waals surface area contributed by atoms with Crippen molar-refractivity contribution in [3.63, 3.8) is 0 Å². The Balaban J connectivity index is 1.52. The van der Waals surface area contributed by atoms with Gasteiger partial charge in [0.2, 0.25) is 5.91 Å². The van der Waals surface area contributed by atoms with Crippen LogP contribution in [0.2, 0.25) is 0 Å². The number of rotatable bonds is 4. The third kappa shape index (κ3) is 4.84. The Labute approximate surface area is 189 Å². The van der Waals surface area contributed by atoms with Crippen LogP contribution in [0.25, 0.3) is 0 Å². The Kier molecular flexibility index (Phi) is 6.09. The molecule has 0 radical (unpaired) electrons. The van der Waals surface area contributed by atoms with Crippen molar-refractivity contribution in [1.29, 1.82) is 0 Å². The Morgan fingerprint density at radius 1 is 1.18 bits per heavy atom. The lowest BCUT2D eigenvalue weighted by Crippen LogP contribution is -2.46. The van der Waals surface area contributed by atoms with E-state index in [0.29, 0.717) is 24.4 Å². The van der Waals surface area contributed by atoms with Crippen LogP contribution in [0.4, 0.5) is 18.0 Å². The minimum atomic E-state index is -4.48. The standard InChI is InChI=1S/C23H24F3N5O2/c1-14-5-7-16(8-6-14)21-19(30-11-3-4-20(30)32)13-31(29-21)22(33)28-15(2)18-10-9-17(12-27-18)23(24,25)26/h5-10,12,15,19H,3-4,11,13H2,1-2H3,(H,28,33)/t15-,19?/m1/s1. The largest absolute Gasteiger partial charge is 0.417 e. The average molecular weight is 459 g/mol. The summed E-state index contributed by atoms with van der Waals surface area (Å²) in [7, 11) is 0. The fourth-order valence-corrected chi connectivity index (χ4v) is 4.00. The summed E-state index contributed by atoms with van der Waals surface area (Å²) >= 11 is 0. The molecule has 3 amide bonds. The molecule has 1 aromatic heterocycles. The van der Waals surface area contributed by atoms with Gasteiger partial charge in [-0.15, -0.1) is 0 Å². The number of carbonyl (C=O) groups excluding carboxylic acids is 2. The van der Waals surface area contributed by atoms with E-state index < -0.39 is 23.8 Å². The van der Waals surface area contributed by atoms with Crippen LogP contribution in [0.1, 0.15) is 48.2 Å². The monoisotopic (exact) mass is 459 g/mol. The van der Waals surface area contributed by atoms with Gasteiger partial charge in [-0.1, -0.05) is 29.8 Å². The predicted octanol–water partition coefficient (Wildman–Crippen LogP) is 3.89. The lowest BCUT2D eigenvalue weighted by atomic mass is 10.0. The number of carbonyl (C=O) groups is 2. The number of halogens is 3. The summed E-state index contributed by atoms with van der Waals surface area (Å²) < 4.78 is 38.3. The van der Waals surface area contributed by atoms with Gasteiger partial charge >= 0.3 is 12.2 Å². The first kappa shape index (κ1) is 22.8. The van der Waals surface area contributed by atoms with E-state index in [-0.39, 0.29) is 18.5 Å². The van der Waals surface area contributed by atoms with Crippen molar-refractivity contribution in [3.8, 4) is 0 Å². The minimum absolute atomic E-state index is 0.0318. The van der Waals surface area contributed by atoms with Gasteiger partial charge in [0.1, 0.15) is 0 Å². The molecule has 0 bridgehead atoms. The quantitative estimate of drug-likeness (QED) is 0.754. The zero-order chi connectivity index (χ0) is 23.8. The summed E-state index contributed by atoms with van der Waals surface area (Å²) in [6.07, 6.45) is -2.49. The number of hydrogen-bond acceptors (Lipinski definition) is 4. The van der Waals surface area contributed by atoms with E-state index in [4.69, 9.17) is 0 Å². The van der Waals surface area contributed by atoms with Gasteiger partial charge in [-0.05, 0) is 38.0 Å². The van der Waals surface area contributed by atoms with E-state index in [1.165, 1.54) is 11.1 Å². The number of aryl methyl sites for hydroxylation is 1. The van der Waals surface area contributed by atoms with Gasteiger partial charge in [-0.2, -0.15) is 18.3 Å². The van der Waals surface area contributed by atoms with Gasteiger partial charge in [0.25, 0.3) is 0 Å². The van der Waals surface area contributed by atoms with Crippen LogP contribution in [-0.2, 0) is 11.0 Å². The number of alkyl halides is 3. The van der Waals surface area contributed by atoms with Crippen molar-refractivity contribution < 1.29 is 22.8 Å². The Bertz CT molecular complexity index is 1070. The van der Waals surface area contributed by atoms with Crippen molar-refractivity contribution in [2.24, 2.45) is 5.10 Å². The second-order valence-electron chi connectivity index (χ2n) is 8.28.